The van der Waals surface area contributed by atoms with Gasteiger partial charge in [0.05, 0.1) is 14.2 Å². The molecule has 2 aliphatic heterocycles. The zero-order valence-electron chi connectivity index (χ0n) is 16.7. The summed E-state index contributed by atoms with van der Waals surface area (Å²) in [6.07, 6.45) is 2.05. The number of fused-ring (bicyclic) bond motifs is 2. The van der Waals surface area contributed by atoms with E-state index in [0.29, 0.717) is 0 Å². The molecule has 2 aromatic rings. The summed E-state index contributed by atoms with van der Waals surface area (Å²) < 4.78 is 10.2. The molecule has 2 aromatic carbocycles. The van der Waals surface area contributed by atoms with Crippen molar-refractivity contribution >= 4 is 23.3 Å². The van der Waals surface area contributed by atoms with Gasteiger partial charge in [-0.2, -0.15) is 0 Å². The molecule has 0 bridgehead atoms. The Morgan fingerprint density at radius 2 is 1.52 bits per heavy atom. The van der Waals surface area contributed by atoms with Crippen molar-refractivity contribution in [1.29, 1.82) is 0 Å². The quantitative estimate of drug-likeness (QED) is 0.609. The van der Waals surface area contributed by atoms with Crippen LogP contribution < -0.4 is 39.0 Å². The summed E-state index contributed by atoms with van der Waals surface area (Å²) in [6.45, 7) is 2.81. The standard InChI is InChI=1S/C10H11NO2.C10H13NO.Al.Li.4H/c1-13-8-3-2-7-4-5-11-10(12)9(7)6-8;1-12-10-3-2-8-4-5-11-7-9(8)6-10;;;;;;/h2-3,6H,4-5H2,1H3,(H,11,12);2-3,6,11H,4-5,7H2,1H3;;;;;;/q;;;+1;;;;-1. The van der Waals surface area contributed by atoms with E-state index < -0.39 is 0 Å². The van der Waals surface area contributed by atoms with E-state index in [4.69, 9.17) is 9.47 Å². The van der Waals surface area contributed by atoms with Crippen molar-refractivity contribution in [3.05, 3.63) is 58.7 Å². The third kappa shape index (κ3) is 6.04. The van der Waals surface area contributed by atoms with Crippen LogP contribution >= 0.6 is 0 Å². The fraction of sp³-hybridized carbons (Fsp3) is 0.350. The predicted molar refractivity (Wildman–Crippen MR) is 108 cm³/mol. The van der Waals surface area contributed by atoms with Gasteiger partial charge in [0, 0.05) is 18.7 Å². The number of carbonyl (C=O) groups excluding carboxylic acids is 1. The van der Waals surface area contributed by atoms with E-state index in [0.717, 1.165) is 55.1 Å². The maximum absolute atomic E-state index is 11.4. The van der Waals surface area contributed by atoms with Crippen LogP contribution in [0.15, 0.2) is 36.4 Å². The zero-order valence-corrected chi connectivity index (χ0v) is 15.7. The number of nitrogens with one attached hydrogen (secondary N) is 2. The van der Waals surface area contributed by atoms with Crippen LogP contribution in [0.3, 0.4) is 0 Å². The van der Waals surface area contributed by atoms with Gasteiger partial charge in [0.2, 0.25) is 0 Å². The Morgan fingerprint density at radius 1 is 0.889 bits per heavy atom. The molecular weight excluding hydrogens is 350 g/mol. The topological polar surface area (TPSA) is 59.6 Å². The summed E-state index contributed by atoms with van der Waals surface area (Å²) in [5.41, 5.74) is 4.67. The second-order valence-corrected chi connectivity index (χ2v) is 6.09. The number of hydrogen-bond donors (Lipinski definition) is 2. The summed E-state index contributed by atoms with van der Waals surface area (Å²) in [5.74, 6) is 1.69. The van der Waals surface area contributed by atoms with Gasteiger partial charge in [0.1, 0.15) is 11.5 Å². The summed E-state index contributed by atoms with van der Waals surface area (Å²) in [5, 5.41) is 6.13. The van der Waals surface area contributed by atoms with Gasteiger partial charge in [-0.15, -0.1) is 0 Å². The molecule has 2 aliphatic rings. The molecule has 0 radical (unpaired) electrons. The number of amides is 1. The minimum atomic E-state index is 0. The first-order chi connectivity index (χ1) is 12.2. The summed E-state index contributed by atoms with van der Waals surface area (Å²) in [6, 6.07) is 11.9. The summed E-state index contributed by atoms with van der Waals surface area (Å²) >= 11 is 0. The van der Waals surface area contributed by atoms with Crippen molar-refractivity contribution in [2.75, 3.05) is 27.3 Å². The normalized spacial score (nSPS) is 13.9. The van der Waals surface area contributed by atoms with Crippen molar-refractivity contribution < 1.29 is 34.6 Å². The van der Waals surface area contributed by atoms with E-state index in [1.807, 2.05) is 18.2 Å². The summed E-state index contributed by atoms with van der Waals surface area (Å²) in [4.78, 5) is 11.4. The Hall–Kier alpha value is -1.40. The third-order valence-corrected chi connectivity index (χ3v) is 4.54. The molecule has 0 spiro atoms. The first-order valence-electron chi connectivity index (χ1n) is 8.53. The van der Waals surface area contributed by atoms with Gasteiger partial charge in [0.15, 0.2) is 17.4 Å². The Kier molecular flexibility index (Phi) is 10.0. The van der Waals surface area contributed by atoms with E-state index in [2.05, 4.69) is 22.8 Å². The second kappa shape index (κ2) is 11.4. The molecule has 0 aromatic heterocycles. The maximum atomic E-state index is 11.4. The molecule has 0 saturated heterocycles. The predicted octanol–water partition coefficient (Wildman–Crippen LogP) is -1.75. The smallest absolute Gasteiger partial charge is 1.00 e. The van der Waals surface area contributed by atoms with Gasteiger partial charge in [-0.25, -0.2) is 0 Å². The molecule has 5 nitrogen and oxygen atoms in total. The molecule has 1 amide bonds. The van der Waals surface area contributed by atoms with E-state index in [1.165, 1.54) is 11.1 Å². The van der Waals surface area contributed by atoms with Crippen LogP contribution in [0.25, 0.3) is 0 Å². The van der Waals surface area contributed by atoms with E-state index in [1.54, 1.807) is 20.3 Å². The van der Waals surface area contributed by atoms with E-state index >= 15 is 0 Å². The number of carbonyl (C=O) groups is 1. The van der Waals surface area contributed by atoms with Gasteiger partial charge in [0.25, 0.3) is 5.91 Å². The Morgan fingerprint density at radius 3 is 2.22 bits per heavy atom. The Bertz CT molecular complexity index is 777. The van der Waals surface area contributed by atoms with Crippen LogP contribution in [-0.2, 0) is 19.4 Å². The Balaban J connectivity index is 0.000000471. The molecule has 2 heterocycles. The molecule has 2 N–H and O–H groups in total. The number of ether oxygens (including phenoxy) is 2. The number of rotatable bonds is 2. The van der Waals surface area contributed by atoms with Gasteiger partial charge in [-0.3, -0.25) is 4.79 Å². The van der Waals surface area contributed by atoms with Crippen molar-refractivity contribution in [3.63, 3.8) is 0 Å². The van der Waals surface area contributed by atoms with Crippen LogP contribution in [-0.4, -0.2) is 50.6 Å². The van der Waals surface area contributed by atoms with Crippen molar-refractivity contribution in [3.8, 4) is 11.5 Å². The molecule has 4 rings (SSSR count). The van der Waals surface area contributed by atoms with Crippen LogP contribution in [0.1, 0.15) is 28.5 Å². The van der Waals surface area contributed by atoms with E-state index in [9.17, 15) is 4.79 Å². The van der Waals surface area contributed by atoms with Crippen LogP contribution in [0.5, 0.6) is 11.5 Å². The molecule has 0 aliphatic carbocycles. The molecule has 0 unspecified atom stereocenters. The van der Waals surface area contributed by atoms with Crippen LogP contribution in [0.4, 0.5) is 0 Å². The molecule has 0 atom stereocenters. The van der Waals surface area contributed by atoms with Crippen LogP contribution in [0, 0.1) is 0 Å². The zero-order chi connectivity index (χ0) is 17.6. The van der Waals surface area contributed by atoms with Crippen molar-refractivity contribution in [2.45, 2.75) is 19.4 Å². The Labute approximate surface area is 185 Å². The van der Waals surface area contributed by atoms with E-state index in [-0.39, 0.29) is 43.6 Å². The number of methoxy groups -OCH3 is 2. The third-order valence-electron chi connectivity index (χ3n) is 4.54. The fourth-order valence-corrected chi connectivity index (χ4v) is 3.10. The SMILES string of the molecule is COc1ccc2c(c1)C(=O)NCC2.COc1ccc2c(c1)CNCC2.[AlH3].[H-].[Li+]. The van der Waals surface area contributed by atoms with Gasteiger partial charge in [-0.05, 0) is 60.3 Å². The maximum Gasteiger partial charge on any atom is 1.00 e. The molecule has 140 valence electrons. The average molecular weight is 378 g/mol. The first-order valence-corrected chi connectivity index (χ1v) is 8.53. The van der Waals surface area contributed by atoms with Gasteiger partial charge >= 0.3 is 18.9 Å². The largest absolute Gasteiger partial charge is 1.00 e. The minimum Gasteiger partial charge on any atom is -1.00 e. The summed E-state index contributed by atoms with van der Waals surface area (Å²) in [7, 11) is 3.31. The minimum absolute atomic E-state index is 0. The molecule has 0 saturated carbocycles. The van der Waals surface area contributed by atoms with Crippen LogP contribution in [0.2, 0.25) is 0 Å². The monoisotopic (exact) mass is 378 g/mol. The second-order valence-electron chi connectivity index (χ2n) is 6.09. The van der Waals surface area contributed by atoms with Gasteiger partial charge in [-0.1, -0.05) is 12.1 Å². The fourth-order valence-electron chi connectivity index (χ4n) is 3.10. The molecule has 7 heteroatoms. The van der Waals surface area contributed by atoms with Gasteiger partial charge < -0.3 is 21.5 Å². The van der Waals surface area contributed by atoms with Crippen molar-refractivity contribution in [1.82, 2.24) is 10.6 Å². The first kappa shape index (κ1) is 23.6. The molecular formula is C20H28AlLiN2O3. The average Bonchev–Trinajstić information content (AvgIpc) is 2.68. The number of benzene rings is 2. The molecule has 0 fully saturated rings. The van der Waals surface area contributed by atoms with Crippen molar-refractivity contribution in [2.24, 2.45) is 0 Å². The number of hydrogen-bond acceptors (Lipinski definition) is 4. The molecule has 27 heavy (non-hydrogen) atoms.